The van der Waals surface area contributed by atoms with Crippen molar-refractivity contribution in [2.45, 2.75) is 40.0 Å². The Morgan fingerprint density at radius 1 is 1.07 bits per heavy atom. The summed E-state index contributed by atoms with van der Waals surface area (Å²) in [4.78, 5) is 29.5. The Bertz CT molecular complexity index is 803. The fraction of sp³-hybridized carbons (Fsp3) is 0.500. The molecule has 0 N–H and O–H groups in total. The first-order chi connectivity index (χ1) is 13.6. The molecule has 0 bridgehead atoms. The molecule has 150 valence electrons. The lowest BCUT2D eigenvalue weighted by Crippen LogP contribution is -2.44. The van der Waals surface area contributed by atoms with Crippen molar-refractivity contribution in [3.05, 3.63) is 47.8 Å². The van der Waals surface area contributed by atoms with Crippen molar-refractivity contribution >= 4 is 11.8 Å². The third-order valence-corrected chi connectivity index (χ3v) is 5.64. The number of piperidine rings is 1. The Morgan fingerprint density at radius 3 is 2.29 bits per heavy atom. The maximum Gasteiger partial charge on any atom is 0.257 e. The lowest BCUT2D eigenvalue weighted by atomic mass is 9.94. The zero-order chi connectivity index (χ0) is 20.1. The molecule has 1 aliphatic heterocycles. The van der Waals surface area contributed by atoms with Gasteiger partial charge in [0.15, 0.2) is 0 Å². The van der Waals surface area contributed by atoms with Crippen molar-refractivity contribution in [1.29, 1.82) is 0 Å². The van der Waals surface area contributed by atoms with Crippen molar-refractivity contribution in [2.75, 3.05) is 26.2 Å². The van der Waals surface area contributed by atoms with Crippen LogP contribution in [0.1, 0.15) is 49.7 Å². The van der Waals surface area contributed by atoms with Gasteiger partial charge >= 0.3 is 0 Å². The van der Waals surface area contributed by atoms with Gasteiger partial charge in [-0.25, -0.2) is 4.68 Å². The highest BCUT2D eigenvalue weighted by atomic mass is 16.2. The predicted molar refractivity (Wildman–Crippen MR) is 109 cm³/mol. The third kappa shape index (κ3) is 3.96. The van der Waals surface area contributed by atoms with Crippen molar-refractivity contribution < 1.29 is 9.59 Å². The molecule has 2 aromatic rings. The molecule has 0 spiro atoms. The van der Waals surface area contributed by atoms with Crippen molar-refractivity contribution in [3.63, 3.8) is 0 Å². The Hall–Kier alpha value is -2.63. The molecule has 0 aliphatic carbocycles. The average molecular weight is 383 g/mol. The van der Waals surface area contributed by atoms with Crippen molar-refractivity contribution in [1.82, 2.24) is 19.6 Å². The van der Waals surface area contributed by atoms with E-state index in [1.165, 1.54) is 0 Å². The molecule has 1 aliphatic rings. The normalized spacial score (nSPS) is 14.9. The standard InChI is InChI=1S/C22H30N4O2/c1-4-20-19(16-23-26(20)18-10-8-7-9-11-18)22(28)25-14-12-17(13-15-25)21(27)24(5-2)6-3/h7-11,16-17H,4-6,12-15H2,1-3H3. The summed E-state index contributed by atoms with van der Waals surface area (Å²) in [6.07, 6.45) is 3.87. The Labute approximate surface area is 167 Å². The molecular formula is C22H30N4O2. The van der Waals surface area contributed by atoms with Gasteiger partial charge in [-0.3, -0.25) is 9.59 Å². The first kappa shape index (κ1) is 20.1. The number of aromatic nitrogens is 2. The number of likely N-dealkylation sites (tertiary alicyclic amines) is 1. The first-order valence-electron chi connectivity index (χ1n) is 10.3. The molecule has 6 heteroatoms. The third-order valence-electron chi connectivity index (χ3n) is 5.64. The molecular weight excluding hydrogens is 352 g/mol. The second kappa shape index (κ2) is 9.04. The number of amides is 2. The van der Waals surface area contributed by atoms with Crippen LogP contribution in [0.15, 0.2) is 36.5 Å². The van der Waals surface area contributed by atoms with E-state index in [2.05, 4.69) is 5.10 Å². The summed E-state index contributed by atoms with van der Waals surface area (Å²) in [6.45, 7) is 8.79. The molecule has 1 aromatic heterocycles. The molecule has 3 rings (SSSR count). The molecule has 2 amide bonds. The number of rotatable bonds is 6. The van der Waals surface area contributed by atoms with Crippen molar-refractivity contribution in [3.8, 4) is 5.69 Å². The zero-order valence-electron chi connectivity index (χ0n) is 17.1. The van der Waals surface area contributed by atoms with Crippen molar-refractivity contribution in [2.24, 2.45) is 5.92 Å². The minimum atomic E-state index is 0.0211. The van der Waals surface area contributed by atoms with E-state index in [4.69, 9.17) is 0 Å². The van der Waals surface area contributed by atoms with Crippen LogP contribution in [0.25, 0.3) is 5.69 Å². The highest BCUT2D eigenvalue weighted by Crippen LogP contribution is 2.23. The van der Waals surface area contributed by atoms with Gasteiger partial charge in [-0.05, 0) is 45.2 Å². The van der Waals surface area contributed by atoms with Gasteiger partial charge in [0.25, 0.3) is 5.91 Å². The van der Waals surface area contributed by atoms with Crippen LogP contribution in [0.2, 0.25) is 0 Å². The first-order valence-corrected chi connectivity index (χ1v) is 10.3. The second-order valence-corrected chi connectivity index (χ2v) is 7.18. The number of hydrogen-bond donors (Lipinski definition) is 0. The fourth-order valence-electron chi connectivity index (χ4n) is 3.98. The van der Waals surface area contributed by atoms with E-state index in [0.29, 0.717) is 18.7 Å². The van der Waals surface area contributed by atoms with Crippen LogP contribution in [-0.4, -0.2) is 57.6 Å². The van der Waals surface area contributed by atoms with Crippen LogP contribution < -0.4 is 0 Å². The van der Waals surface area contributed by atoms with E-state index in [1.54, 1.807) is 6.20 Å². The molecule has 1 fully saturated rings. The Morgan fingerprint density at radius 2 is 1.71 bits per heavy atom. The van der Waals surface area contributed by atoms with E-state index < -0.39 is 0 Å². The summed E-state index contributed by atoms with van der Waals surface area (Å²) < 4.78 is 1.85. The van der Waals surface area contributed by atoms with Crippen LogP contribution in [-0.2, 0) is 11.2 Å². The Kier molecular flexibility index (Phi) is 6.49. The molecule has 0 unspecified atom stereocenters. The summed E-state index contributed by atoms with van der Waals surface area (Å²) in [5.74, 6) is 0.276. The molecule has 0 saturated carbocycles. The molecule has 0 atom stereocenters. The molecule has 1 saturated heterocycles. The van der Waals surface area contributed by atoms with Crippen LogP contribution in [0, 0.1) is 5.92 Å². The maximum absolute atomic E-state index is 13.1. The quantitative estimate of drug-likeness (QED) is 0.771. The minimum absolute atomic E-state index is 0.0211. The highest BCUT2D eigenvalue weighted by Gasteiger charge is 2.31. The number of para-hydroxylation sites is 1. The van der Waals surface area contributed by atoms with Gasteiger partial charge in [0.2, 0.25) is 5.91 Å². The van der Waals surface area contributed by atoms with Crippen LogP contribution >= 0.6 is 0 Å². The monoisotopic (exact) mass is 382 g/mol. The van der Waals surface area contributed by atoms with Crippen LogP contribution in [0.4, 0.5) is 0 Å². The lowest BCUT2D eigenvalue weighted by Gasteiger charge is -2.33. The number of carbonyl (C=O) groups is 2. The van der Waals surface area contributed by atoms with Gasteiger partial charge in [-0.2, -0.15) is 5.10 Å². The van der Waals surface area contributed by atoms with Gasteiger partial charge in [0, 0.05) is 32.1 Å². The molecule has 28 heavy (non-hydrogen) atoms. The second-order valence-electron chi connectivity index (χ2n) is 7.18. The maximum atomic E-state index is 13.1. The summed E-state index contributed by atoms with van der Waals surface area (Å²) in [5.41, 5.74) is 2.55. The molecule has 0 radical (unpaired) electrons. The van der Waals surface area contributed by atoms with Gasteiger partial charge in [-0.15, -0.1) is 0 Å². The summed E-state index contributed by atoms with van der Waals surface area (Å²) >= 11 is 0. The van der Waals surface area contributed by atoms with Crippen LogP contribution in [0.3, 0.4) is 0 Å². The van der Waals surface area contributed by atoms with Gasteiger partial charge in [-0.1, -0.05) is 25.1 Å². The number of carbonyl (C=O) groups excluding carboxylic acids is 2. The minimum Gasteiger partial charge on any atom is -0.343 e. The zero-order valence-corrected chi connectivity index (χ0v) is 17.1. The predicted octanol–water partition coefficient (Wildman–Crippen LogP) is 3.16. The average Bonchev–Trinajstić information content (AvgIpc) is 3.19. The number of benzene rings is 1. The van der Waals surface area contributed by atoms with Gasteiger partial charge in [0.1, 0.15) is 0 Å². The molecule has 2 heterocycles. The van der Waals surface area contributed by atoms with E-state index in [-0.39, 0.29) is 17.7 Å². The summed E-state index contributed by atoms with van der Waals surface area (Å²) in [5, 5.41) is 4.47. The topological polar surface area (TPSA) is 58.4 Å². The van der Waals surface area contributed by atoms with Gasteiger partial charge < -0.3 is 9.80 Å². The smallest absolute Gasteiger partial charge is 0.257 e. The van der Waals surface area contributed by atoms with E-state index >= 15 is 0 Å². The van der Waals surface area contributed by atoms with E-state index in [1.807, 2.05) is 65.6 Å². The Balaban J connectivity index is 1.71. The SMILES string of the molecule is CCc1c(C(=O)N2CCC(C(=O)N(CC)CC)CC2)cnn1-c1ccccc1. The number of hydrogen-bond acceptors (Lipinski definition) is 3. The largest absolute Gasteiger partial charge is 0.343 e. The molecule has 6 nitrogen and oxygen atoms in total. The summed E-state index contributed by atoms with van der Waals surface area (Å²) in [7, 11) is 0. The highest BCUT2D eigenvalue weighted by molar-refractivity contribution is 5.95. The number of nitrogens with zero attached hydrogens (tertiary/aromatic N) is 4. The van der Waals surface area contributed by atoms with Crippen LogP contribution in [0.5, 0.6) is 0 Å². The lowest BCUT2D eigenvalue weighted by molar-refractivity contribution is -0.136. The molecule has 1 aromatic carbocycles. The van der Waals surface area contributed by atoms with E-state index in [0.717, 1.165) is 43.7 Å². The summed E-state index contributed by atoms with van der Waals surface area (Å²) in [6, 6.07) is 9.88. The van der Waals surface area contributed by atoms with E-state index in [9.17, 15) is 9.59 Å². The fourth-order valence-corrected chi connectivity index (χ4v) is 3.98. The van der Waals surface area contributed by atoms with Gasteiger partial charge in [0.05, 0.1) is 23.1 Å².